The Bertz CT molecular complexity index is 860. The average Bonchev–Trinajstić information content (AvgIpc) is 2.71. The third-order valence-electron chi connectivity index (χ3n) is 4.63. The lowest BCUT2D eigenvalue weighted by Gasteiger charge is -2.35. The summed E-state index contributed by atoms with van der Waals surface area (Å²) in [5.41, 5.74) is 2.75. The van der Waals surface area contributed by atoms with Gasteiger partial charge in [-0.05, 0) is 30.2 Å². The molecule has 0 radical (unpaired) electrons. The molecule has 0 saturated carbocycles. The number of amides is 2. The quantitative estimate of drug-likeness (QED) is 0.824. The summed E-state index contributed by atoms with van der Waals surface area (Å²) in [5, 5.41) is 2.92. The molecular weight excluding hydrogens is 344 g/mol. The van der Waals surface area contributed by atoms with Crippen LogP contribution in [0.25, 0.3) is 0 Å². The van der Waals surface area contributed by atoms with Gasteiger partial charge in [0, 0.05) is 5.70 Å². The van der Waals surface area contributed by atoms with Crippen molar-refractivity contribution >= 4 is 12.0 Å². The molecule has 3 rings (SSSR count). The summed E-state index contributed by atoms with van der Waals surface area (Å²) in [6.45, 7) is 2.14. The summed E-state index contributed by atoms with van der Waals surface area (Å²) < 4.78 is 10.2. The first-order chi connectivity index (χ1) is 13.0. The van der Waals surface area contributed by atoms with Crippen molar-refractivity contribution < 1.29 is 19.1 Å². The van der Waals surface area contributed by atoms with Gasteiger partial charge in [-0.3, -0.25) is 4.90 Å². The number of methoxy groups -OCH3 is 2. The van der Waals surface area contributed by atoms with Crippen molar-refractivity contribution in [1.82, 2.24) is 10.2 Å². The Morgan fingerprint density at radius 2 is 1.74 bits per heavy atom. The Labute approximate surface area is 158 Å². The molecule has 0 unspecified atom stereocenters. The molecular formula is C21H22N2O4. The van der Waals surface area contributed by atoms with E-state index in [1.807, 2.05) is 42.5 Å². The van der Waals surface area contributed by atoms with Gasteiger partial charge in [0.1, 0.15) is 5.75 Å². The Kier molecular flexibility index (Phi) is 5.45. The van der Waals surface area contributed by atoms with Gasteiger partial charge in [0.05, 0.1) is 32.4 Å². The molecule has 6 heteroatoms. The van der Waals surface area contributed by atoms with Gasteiger partial charge in [-0.15, -0.1) is 0 Å². The molecule has 0 fully saturated rings. The fourth-order valence-electron chi connectivity index (χ4n) is 3.16. The molecule has 0 aromatic heterocycles. The van der Waals surface area contributed by atoms with Crippen molar-refractivity contribution in [3.63, 3.8) is 0 Å². The minimum absolute atomic E-state index is 0.259. The maximum atomic E-state index is 12.8. The number of carbonyl (C=O) groups is 2. The maximum absolute atomic E-state index is 12.8. The summed E-state index contributed by atoms with van der Waals surface area (Å²) in [5.74, 6) is 0.235. The number of ether oxygens (including phenoxy) is 2. The molecule has 1 N–H and O–H groups in total. The van der Waals surface area contributed by atoms with Crippen LogP contribution in [0.15, 0.2) is 65.9 Å². The van der Waals surface area contributed by atoms with E-state index in [0.29, 0.717) is 23.6 Å². The zero-order valence-corrected chi connectivity index (χ0v) is 15.6. The van der Waals surface area contributed by atoms with Crippen LogP contribution >= 0.6 is 0 Å². The zero-order valence-electron chi connectivity index (χ0n) is 15.6. The highest BCUT2D eigenvalue weighted by atomic mass is 16.5. The number of nitrogens with zero attached hydrogens (tertiary/aromatic N) is 1. The Morgan fingerprint density at radius 1 is 1.07 bits per heavy atom. The zero-order chi connectivity index (χ0) is 19.4. The molecule has 1 aliphatic rings. The number of allylic oxidation sites excluding steroid dienone is 1. The van der Waals surface area contributed by atoms with E-state index in [0.717, 1.165) is 11.1 Å². The van der Waals surface area contributed by atoms with Crippen LogP contribution in [-0.2, 0) is 16.1 Å². The van der Waals surface area contributed by atoms with Gasteiger partial charge in [-0.2, -0.15) is 0 Å². The molecule has 27 heavy (non-hydrogen) atoms. The van der Waals surface area contributed by atoms with Gasteiger partial charge in [0.15, 0.2) is 0 Å². The lowest BCUT2D eigenvalue weighted by molar-refractivity contribution is -0.136. The van der Waals surface area contributed by atoms with Crippen LogP contribution in [0.3, 0.4) is 0 Å². The van der Waals surface area contributed by atoms with Gasteiger partial charge in [0.2, 0.25) is 0 Å². The van der Waals surface area contributed by atoms with E-state index < -0.39 is 12.0 Å². The van der Waals surface area contributed by atoms with Crippen LogP contribution in [0.5, 0.6) is 5.75 Å². The third-order valence-corrected chi connectivity index (χ3v) is 4.63. The molecule has 0 spiro atoms. The average molecular weight is 366 g/mol. The molecule has 0 bridgehead atoms. The van der Waals surface area contributed by atoms with E-state index in [1.165, 1.54) is 7.11 Å². The molecule has 2 aromatic rings. The van der Waals surface area contributed by atoms with Crippen LogP contribution in [0.1, 0.15) is 24.1 Å². The predicted molar refractivity (Wildman–Crippen MR) is 101 cm³/mol. The normalized spacial score (nSPS) is 16.8. The molecule has 0 aliphatic carbocycles. The van der Waals surface area contributed by atoms with Crippen molar-refractivity contribution in [3.8, 4) is 5.75 Å². The first-order valence-electron chi connectivity index (χ1n) is 8.60. The van der Waals surface area contributed by atoms with E-state index >= 15 is 0 Å². The minimum atomic E-state index is -0.581. The van der Waals surface area contributed by atoms with Crippen LogP contribution in [0.4, 0.5) is 4.79 Å². The lowest BCUT2D eigenvalue weighted by atomic mass is 9.94. The number of carbonyl (C=O) groups excluding carboxylic acids is 2. The lowest BCUT2D eigenvalue weighted by Crippen LogP contribution is -2.47. The summed E-state index contributed by atoms with van der Waals surface area (Å²) in [6, 6.07) is 16.0. The second kappa shape index (κ2) is 7.95. The van der Waals surface area contributed by atoms with Crippen molar-refractivity contribution in [2.24, 2.45) is 0 Å². The fourth-order valence-corrected chi connectivity index (χ4v) is 3.16. The largest absolute Gasteiger partial charge is 0.497 e. The van der Waals surface area contributed by atoms with E-state index in [2.05, 4.69) is 5.32 Å². The number of urea groups is 1. The van der Waals surface area contributed by atoms with Crippen LogP contribution in [0.2, 0.25) is 0 Å². The molecule has 0 saturated heterocycles. The van der Waals surface area contributed by atoms with E-state index in [-0.39, 0.29) is 6.03 Å². The molecule has 1 aliphatic heterocycles. The SMILES string of the molecule is COC(=O)C1=C(C)N(Cc2ccccc2)C(=O)N[C@H]1c1ccc(OC)cc1. The summed E-state index contributed by atoms with van der Waals surface area (Å²) in [7, 11) is 2.93. The van der Waals surface area contributed by atoms with Crippen LogP contribution < -0.4 is 10.1 Å². The Hall–Kier alpha value is -3.28. The van der Waals surface area contributed by atoms with Gasteiger partial charge in [0.25, 0.3) is 0 Å². The molecule has 1 heterocycles. The van der Waals surface area contributed by atoms with Crippen molar-refractivity contribution in [3.05, 3.63) is 77.0 Å². The fraction of sp³-hybridized carbons (Fsp3) is 0.238. The highest BCUT2D eigenvalue weighted by molar-refractivity contribution is 5.95. The van der Waals surface area contributed by atoms with Crippen molar-refractivity contribution in [1.29, 1.82) is 0 Å². The van der Waals surface area contributed by atoms with E-state index in [1.54, 1.807) is 31.1 Å². The third kappa shape index (κ3) is 3.79. The van der Waals surface area contributed by atoms with Crippen LogP contribution in [0, 0.1) is 0 Å². The molecule has 2 amide bonds. The summed E-state index contributed by atoms with van der Waals surface area (Å²) in [6.07, 6.45) is 0. The second-order valence-electron chi connectivity index (χ2n) is 6.22. The second-order valence-corrected chi connectivity index (χ2v) is 6.22. The number of nitrogens with one attached hydrogen (secondary N) is 1. The maximum Gasteiger partial charge on any atom is 0.337 e. The smallest absolute Gasteiger partial charge is 0.337 e. The molecule has 2 aromatic carbocycles. The Balaban J connectivity index is 2.00. The monoisotopic (exact) mass is 366 g/mol. The van der Waals surface area contributed by atoms with Gasteiger partial charge >= 0.3 is 12.0 Å². The van der Waals surface area contributed by atoms with Crippen LogP contribution in [-0.4, -0.2) is 31.1 Å². The number of hydrogen-bond acceptors (Lipinski definition) is 4. The highest BCUT2D eigenvalue weighted by Gasteiger charge is 2.36. The summed E-state index contributed by atoms with van der Waals surface area (Å²) in [4.78, 5) is 26.8. The minimum Gasteiger partial charge on any atom is -0.497 e. The van der Waals surface area contributed by atoms with Crippen molar-refractivity contribution in [2.45, 2.75) is 19.5 Å². The first kappa shape index (κ1) is 18.5. The molecule has 1 atom stereocenters. The van der Waals surface area contributed by atoms with Crippen molar-refractivity contribution in [2.75, 3.05) is 14.2 Å². The summed E-state index contributed by atoms with van der Waals surface area (Å²) >= 11 is 0. The van der Waals surface area contributed by atoms with E-state index in [4.69, 9.17) is 9.47 Å². The highest BCUT2D eigenvalue weighted by Crippen LogP contribution is 2.32. The number of hydrogen-bond donors (Lipinski definition) is 1. The Morgan fingerprint density at radius 3 is 2.33 bits per heavy atom. The topological polar surface area (TPSA) is 67.9 Å². The number of rotatable bonds is 5. The van der Waals surface area contributed by atoms with Gasteiger partial charge in [-0.1, -0.05) is 42.5 Å². The van der Waals surface area contributed by atoms with Gasteiger partial charge < -0.3 is 14.8 Å². The van der Waals surface area contributed by atoms with E-state index in [9.17, 15) is 9.59 Å². The molecule has 6 nitrogen and oxygen atoms in total. The number of esters is 1. The number of benzene rings is 2. The molecule has 140 valence electrons. The standard InChI is InChI=1S/C21H22N2O4/c1-14-18(20(24)27-3)19(16-9-11-17(26-2)12-10-16)22-21(25)23(14)13-15-7-5-4-6-8-15/h4-12,19H,13H2,1-3H3,(H,22,25)/t19-/m0/s1. The first-order valence-corrected chi connectivity index (χ1v) is 8.60. The predicted octanol–water partition coefficient (Wildman–Crippen LogP) is 3.41. The van der Waals surface area contributed by atoms with Gasteiger partial charge in [-0.25, -0.2) is 9.59 Å².